The minimum Gasteiger partial charge on any atom is -0.495 e. The Kier molecular flexibility index (Phi) is 3.42. The fraction of sp³-hybridized carbons (Fsp3) is 0.273. The van der Waals surface area contributed by atoms with Crippen molar-refractivity contribution in [1.29, 1.82) is 5.26 Å². The number of nitriles is 1. The predicted molar refractivity (Wildman–Crippen MR) is 52.7 cm³/mol. The van der Waals surface area contributed by atoms with Crippen LogP contribution in [0.15, 0.2) is 12.1 Å². The largest absolute Gasteiger partial charge is 0.495 e. The molecule has 1 rings (SSSR count). The topological polar surface area (TPSA) is 50.1 Å². The highest BCUT2D eigenvalue weighted by atomic mass is 19.4. The lowest BCUT2D eigenvalue weighted by atomic mass is 10.0. The van der Waals surface area contributed by atoms with E-state index in [-0.39, 0.29) is 11.1 Å². The summed E-state index contributed by atoms with van der Waals surface area (Å²) in [6.45, 7) is 1.11. The first kappa shape index (κ1) is 13.0. The van der Waals surface area contributed by atoms with Crippen molar-refractivity contribution in [2.24, 2.45) is 0 Å². The molecule has 0 atom stereocenters. The van der Waals surface area contributed by atoms with Crippen molar-refractivity contribution < 1.29 is 22.7 Å². The number of halogens is 3. The molecular weight excluding hydrogens is 235 g/mol. The molecule has 0 bridgehead atoms. The maximum Gasteiger partial charge on any atom is 0.420 e. The molecule has 6 heteroatoms. The molecule has 0 aliphatic rings. The molecule has 0 aromatic heterocycles. The molecule has 0 amide bonds. The molecular formula is C11H8F3NO2. The van der Waals surface area contributed by atoms with Crippen LogP contribution in [0.4, 0.5) is 13.2 Å². The molecule has 90 valence electrons. The third-order valence-corrected chi connectivity index (χ3v) is 2.11. The second-order valence-corrected chi connectivity index (χ2v) is 3.27. The first-order chi connectivity index (χ1) is 7.81. The highest BCUT2D eigenvalue weighted by Crippen LogP contribution is 2.39. The number of carbonyl (C=O) groups excluding carboxylic acids is 1. The minimum absolute atomic E-state index is 0.233. The molecule has 0 radical (unpaired) electrons. The average molecular weight is 243 g/mol. The van der Waals surface area contributed by atoms with Crippen LogP contribution in [-0.4, -0.2) is 12.9 Å². The maximum absolute atomic E-state index is 12.7. The lowest BCUT2D eigenvalue weighted by Gasteiger charge is -2.14. The van der Waals surface area contributed by atoms with Crippen molar-refractivity contribution in [3.63, 3.8) is 0 Å². The number of benzene rings is 1. The van der Waals surface area contributed by atoms with Crippen molar-refractivity contribution in [3.8, 4) is 11.8 Å². The average Bonchev–Trinajstić information content (AvgIpc) is 2.25. The van der Waals surface area contributed by atoms with Crippen molar-refractivity contribution >= 4 is 5.78 Å². The van der Waals surface area contributed by atoms with Gasteiger partial charge in [-0.05, 0) is 19.1 Å². The number of alkyl halides is 3. The third-order valence-electron chi connectivity index (χ3n) is 2.11. The van der Waals surface area contributed by atoms with Crippen LogP contribution < -0.4 is 4.74 Å². The van der Waals surface area contributed by atoms with Crippen molar-refractivity contribution in [2.75, 3.05) is 7.11 Å². The zero-order chi connectivity index (χ0) is 13.2. The van der Waals surface area contributed by atoms with E-state index in [4.69, 9.17) is 5.26 Å². The summed E-state index contributed by atoms with van der Waals surface area (Å²) in [5.74, 6) is -1.14. The number of rotatable bonds is 2. The Morgan fingerprint density at radius 2 is 2.00 bits per heavy atom. The van der Waals surface area contributed by atoms with Gasteiger partial charge in [-0.25, -0.2) is 0 Å². The minimum atomic E-state index is -4.68. The van der Waals surface area contributed by atoms with E-state index in [1.807, 2.05) is 0 Å². The summed E-state index contributed by atoms with van der Waals surface area (Å²) in [7, 11) is 1.04. The van der Waals surface area contributed by atoms with Gasteiger partial charge in [-0.2, -0.15) is 18.4 Å². The van der Waals surface area contributed by atoms with Gasteiger partial charge in [0, 0.05) is 0 Å². The van der Waals surface area contributed by atoms with Gasteiger partial charge in [-0.1, -0.05) is 0 Å². The van der Waals surface area contributed by atoms with Crippen LogP contribution in [0.25, 0.3) is 0 Å². The van der Waals surface area contributed by atoms with Crippen LogP contribution in [0, 0.1) is 11.3 Å². The third kappa shape index (κ3) is 2.56. The highest BCUT2D eigenvalue weighted by Gasteiger charge is 2.36. The predicted octanol–water partition coefficient (Wildman–Crippen LogP) is 2.79. The number of hydrogen-bond acceptors (Lipinski definition) is 3. The number of hydrogen-bond donors (Lipinski definition) is 0. The smallest absolute Gasteiger partial charge is 0.420 e. The lowest BCUT2D eigenvalue weighted by molar-refractivity contribution is -0.138. The van der Waals surface area contributed by atoms with E-state index in [2.05, 4.69) is 4.74 Å². The molecule has 0 heterocycles. The van der Waals surface area contributed by atoms with E-state index in [1.54, 1.807) is 6.07 Å². The molecule has 1 aromatic rings. The normalized spacial score (nSPS) is 10.8. The molecule has 0 N–H and O–H groups in total. The van der Waals surface area contributed by atoms with Crippen LogP contribution in [0.3, 0.4) is 0 Å². The van der Waals surface area contributed by atoms with E-state index in [9.17, 15) is 18.0 Å². The number of methoxy groups -OCH3 is 1. The summed E-state index contributed by atoms with van der Waals surface area (Å²) in [6.07, 6.45) is -4.68. The Labute approximate surface area is 95.4 Å². The second kappa shape index (κ2) is 4.45. The molecule has 0 aliphatic carbocycles. The van der Waals surface area contributed by atoms with Crippen LogP contribution in [0.1, 0.15) is 28.4 Å². The summed E-state index contributed by atoms with van der Waals surface area (Å²) < 4.78 is 42.7. The molecule has 17 heavy (non-hydrogen) atoms. The fourth-order valence-electron chi connectivity index (χ4n) is 1.39. The maximum atomic E-state index is 12.7. The van der Waals surface area contributed by atoms with Gasteiger partial charge < -0.3 is 4.74 Å². The van der Waals surface area contributed by atoms with Crippen LogP contribution in [0.2, 0.25) is 0 Å². The van der Waals surface area contributed by atoms with Gasteiger partial charge in [0.15, 0.2) is 5.78 Å². The standard InChI is InChI=1S/C11H8F3NO2/c1-6(16)8-3-7(5-15)4-9(10(8)17-2)11(12,13)14/h3-4H,1-2H3. The quantitative estimate of drug-likeness (QED) is 0.750. The van der Waals surface area contributed by atoms with Gasteiger partial charge in [0.25, 0.3) is 0 Å². The van der Waals surface area contributed by atoms with Crippen molar-refractivity contribution in [3.05, 3.63) is 28.8 Å². The Bertz CT molecular complexity index is 501. The van der Waals surface area contributed by atoms with Gasteiger partial charge >= 0.3 is 6.18 Å². The molecule has 0 fully saturated rings. The lowest BCUT2D eigenvalue weighted by Crippen LogP contribution is -2.11. The Morgan fingerprint density at radius 3 is 2.35 bits per heavy atom. The summed E-state index contributed by atoms with van der Waals surface area (Å²) in [5.41, 5.74) is -1.61. The number of Topliss-reactive ketones (excluding diaryl/α,β-unsaturated/α-hetero) is 1. The van der Waals surface area contributed by atoms with Gasteiger partial charge in [0.2, 0.25) is 0 Å². The van der Waals surface area contributed by atoms with Crippen LogP contribution in [-0.2, 0) is 6.18 Å². The first-order valence-electron chi connectivity index (χ1n) is 4.51. The van der Waals surface area contributed by atoms with Crippen LogP contribution in [0.5, 0.6) is 5.75 Å². The molecule has 1 aromatic carbocycles. The number of ketones is 1. The second-order valence-electron chi connectivity index (χ2n) is 3.27. The number of carbonyl (C=O) groups is 1. The van der Waals surface area contributed by atoms with E-state index in [1.165, 1.54) is 0 Å². The Morgan fingerprint density at radius 1 is 1.41 bits per heavy atom. The number of ether oxygens (including phenoxy) is 1. The van der Waals surface area contributed by atoms with E-state index in [0.29, 0.717) is 6.07 Å². The Balaban J connectivity index is 3.64. The van der Waals surface area contributed by atoms with Gasteiger partial charge in [0.05, 0.1) is 29.9 Å². The molecule has 0 spiro atoms. The van der Waals surface area contributed by atoms with Crippen molar-refractivity contribution in [1.82, 2.24) is 0 Å². The fourth-order valence-corrected chi connectivity index (χ4v) is 1.39. The summed E-state index contributed by atoms with van der Waals surface area (Å²) in [6, 6.07) is 3.32. The van der Waals surface area contributed by atoms with E-state index >= 15 is 0 Å². The first-order valence-corrected chi connectivity index (χ1v) is 4.51. The van der Waals surface area contributed by atoms with Gasteiger partial charge in [0.1, 0.15) is 5.75 Å². The molecule has 3 nitrogen and oxygen atoms in total. The van der Waals surface area contributed by atoms with Crippen LogP contribution >= 0.6 is 0 Å². The summed E-state index contributed by atoms with van der Waals surface area (Å²) in [4.78, 5) is 11.2. The van der Waals surface area contributed by atoms with Crippen molar-refractivity contribution in [2.45, 2.75) is 13.1 Å². The van der Waals surface area contributed by atoms with E-state index < -0.39 is 23.3 Å². The molecule has 0 unspecified atom stereocenters. The molecule has 0 saturated heterocycles. The van der Waals surface area contributed by atoms with Gasteiger partial charge in [-0.15, -0.1) is 0 Å². The van der Waals surface area contributed by atoms with Gasteiger partial charge in [-0.3, -0.25) is 4.79 Å². The van der Waals surface area contributed by atoms with E-state index in [0.717, 1.165) is 20.1 Å². The summed E-state index contributed by atoms with van der Waals surface area (Å²) >= 11 is 0. The molecule has 0 aliphatic heterocycles. The monoisotopic (exact) mass is 243 g/mol. The SMILES string of the molecule is COc1c(C(C)=O)cc(C#N)cc1C(F)(F)F. The Hall–Kier alpha value is -2.03. The number of nitrogens with zero attached hydrogens (tertiary/aromatic N) is 1. The zero-order valence-corrected chi connectivity index (χ0v) is 9.05. The zero-order valence-electron chi connectivity index (χ0n) is 9.05. The highest BCUT2D eigenvalue weighted by molar-refractivity contribution is 5.97. The summed E-state index contributed by atoms with van der Waals surface area (Å²) in [5, 5.41) is 8.63. The molecule has 0 saturated carbocycles.